The summed E-state index contributed by atoms with van der Waals surface area (Å²) in [5.74, 6) is 0.457. The van der Waals surface area contributed by atoms with E-state index in [9.17, 15) is 18.9 Å². The van der Waals surface area contributed by atoms with Gasteiger partial charge in [-0.3, -0.25) is 14.2 Å². The summed E-state index contributed by atoms with van der Waals surface area (Å²) in [5.41, 5.74) is -0.517. The average Bonchev–Trinajstić information content (AvgIpc) is 3.61. The maximum atomic E-state index is 14.0. The summed E-state index contributed by atoms with van der Waals surface area (Å²) < 4.78 is 48.5. The number of aryl methyl sites for hydroxylation is 1. The van der Waals surface area contributed by atoms with Crippen molar-refractivity contribution in [1.82, 2.24) is 9.13 Å². The Morgan fingerprint density at radius 1 is 0.821 bits per heavy atom. The summed E-state index contributed by atoms with van der Waals surface area (Å²) in [5, 5.41) is 0. The SMILES string of the molecule is COc1ccc(C(OC[C@H]2O[C@@H](n3cc(C)c(=O)n(C(=O)c4ccccc4)c3=O)C[C@@H]2O[P+](=O)OCC(Cl)(Cl)Cl)(c2ccccc2)c2ccc(OC)cc2)cc1. The first-order chi connectivity index (χ1) is 26.8. The van der Waals surface area contributed by atoms with Crippen LogP contribution in [-0.4, -0.2) is 58.5 Å². The van der Waals surface area contributed by atoms with E-state index in [4.69, 9.17) is 62.8 Å². The van der Waals surface area contributed by atoms with Crippen LogP contribution in [0.2, 0.25) is 0 Å². The molecule has 0 saturated carbocycles. The second-order valence-corrected chi connectivity index (χ2v) is 16.2. The van der Waals surface area contributed by atoms with E-state index in [1.54, 1.807) is 32.4 Å². The van der Waals surface area contributed by atoms with Crippen molar-refractivity contribution in [3.05, 3.63) is 164 Å². The molecule has 0 bridgehead atoms. The Balaban J connectivity index is 1.42. The predicted molar refractivity (Wildman–Crippen MR) is 211 cm³/mol. The molecule has 1 aliphatic rings. The van der Waals surface area contributed by atoms with Gasteiger partial charge in [0.25, 0.3) is 11.5 Å². The van der Waals surface area contributed by atoms with Gasteiger partial charge in [0.05, 0.1) is 20.8 Å². The van der Waals surface area contributed by atoms with E-state index < -0.39 is 59.8 Å². The third-order valence-corrected chi connectivity index (χ3v) is 10.3. The molecule has 4 aromatic carbocycles. The van der Waals surface area contributed by atoms with Gasteiger partial charge < -0.3 is 18.9 Å². The van der Waals surface area contributed by atoms with Gasteiger partial charge in [-0.05, 0) is 60.0 Å². The predicted octanol–water partition coefficient (Wildman–Crippen LogP) is 7.75. The third-order valence-electron chi connectivity index (χ3n) is 9.19. The van der Waals surface area contributed by atoms with E-state index in [1.807, 2.05) is 78.9 Å². The molecule has 0 aliphatic carbocycles. The van der Waals surface area contributed by atoms with Crippen LogP contribution in [0.4, 0.5) is 0 Å². The number of hydrogen-bond acceptors (Lipinski definition) is 10. The van der Waals surface area contributed by atoms with Crippen LogP contribution in [0.15, 0.2) is 125 Å². The Morgan fingerprint density at radius 3 is 1.89 bits per heavy atom. The number of rotatable bonds is 14. The minimum absolute atomic E-state index is 0.0767. The minimum atomic E-state index is -2.88. The summed E-state index contributed by atoms with van der Waals surface area (Å²) in [6.45, 7) is 0.746. The van der Waals surface area contributed by atoms with Gasteiger partial charge in [0, 0.05) is 28.3 Å². The molecule has 1 aromatic heterocycles. The molecule has 1 unspecified atom stereocenters. The smallest absolute Gasteiger partial charge is 0.497 e. The topological polar surface area (TPSA) is 134 Å². The first-order valence-electron chi connectivity index (χ1n) is 17.3. The van der Waals surface area contributed by atoms with Crippen LogP contribution in [0.25, 0.3) is 0 Å². The van der Waals surface area contributed by atoms with Gasteiger partial charge in [-0.15, -0.1) is 9.05 Å². The van der Waals surface area contributed by atoms with Gasteiger partial charge in [-0.25, -0.2) is 4.79 Å². The second-order valence-electron chi connectivity index (χ2n) is 12.7. The molecule has 1 aliphatic heterocycles. The zero-order valence-corrected chi connectivity index (χ0v) is 33.5. The first-order valence-corrected chi connectivity index (χ1v) is 19.5. The van der Waals surface area contributed by atoms with Crippen LogP contribution in [0.1, 0.15) is 45.3 Å². The van der Waals surface area contributed by atoms with E-state index >= 15 is 0 Å². The molecule has 1 fully saturated rings. The van der Waals surface area contributed by atoms with Gasteiger partial charge in [-0.1, -0.05) is 108 Å². The lowest BCUT2D eigenvalue weighted by molar-refractivity contribution is -0.0921. The van der Waals surface area contributed by atoms with Gasteiger partial charge in [0.1, 0.15) is 35.5 Å². The van der Waals surface area contributed by atoms with Gasteiger partial charge >= 0.3 is 13.9 Å². The van der Waals surface area contributed by atoms with E-state index in [0.717, 1.165) is 21.3 Å². The van der Waals surface area contributed by atoms with E-state index in [-0.39, 0.29) is 24.2 Å². The van der Waals surface area contributed by atoms with Crippen molar-refractivity contribution in [2.24, 2.45) is 0 Å². The van der Waals surface area contributed by atoms with E-state index in [1.165, 1.54) is 25.3 Å². The molecule has 0 N–H and O–H groups in total. The Morgan fingerprint density at radius 2 is 1.36 bits per heavy atom. The molecule has 56 heavy (non-hydrogen) atoms. The van der Waals surface area contributed by atoms with Crippen molar-refractivity contribution in [2.75, 3.05) is 27.4 Å². The zero-order chi connectivity index (χ0) is 40.0. The number of methoxy groups -OCH3 is 2. The number of ether oxygens (including phenoxy) is 4. The number of alkyl halides is 3. The number of benzene rings is 4. The Bertz CT molecular complexity index is 2220. The lowest BCUT2D eigenvalue weighted by atomic mass is 9.80. The van der Waals surface area contributed by atoms with Gasteiger partial charge in [-0.2, -0.15) is 4.57 Å². The van der Waals surface area contributed by atoms with E-state index in [2.05, 4.69) is 0 Å². The fraction of sp³-hybridized carbons (Fsp3) is 0.275. The fourth-order valence-corrected chi connectivity index (χ4v) is 7.67. The molecule has 4 atom stereocenters. The molecular formula is C40H37Cl3N2O10P+. The molecule has 12 nitrogen and oxygen atoms in total. The highest BCUT2D eigenvalue weighted by Crippen LogP contribution is 2.44. The number of hydrogen-bond donors (Lipinski definition) is 0. The summed E-state index contributed by atoms with van der Waals surface area (Å²) >= 11 is 17.5. The fourth-order valence-electron chi connectivity index (χ4n) is 6.47. The average molecular weight is 843 g/mol. The van der Waals surface area contributed by atoms with E-state index in [0.29, 0.717) is 16.1 Å². The Hall–Kier alpha value is -4.36. The van der Waals surface area contributed by atoms with Crippen LogP contribution in [0.5, 0.6) is 11.5 Å². The summed E-state index contributed by atoms with van der Waals surface area (Å²) in [6.07, 6.45) is -1.91. The lowest BCUT2D eigenvalue weighted by Crippen LogP contribution is -2.45. The van der Waals surface area contributed by atoms with Crippen LogP contribution in [-0.2, 0) is 28.7 Å². The number of carbonyl (C=O) groups excluding carboxylic acids is 1. The van der Waals surface area contributed by atoms with Crippen molar-refractivity contribution in [2.45, 2.75) is 41.2 Å². The van der Waals surface area contributed by atoms with Crippen molar-refractivity contribution in [1.29, 1.82) is 0 Å². The highest BCUT2D eigenvalue weighted by Gasteiger charge is 2.47. The third kappa shape index (κ3) is 9.09. The standard InChI is InChI=1S/C40H37Cl3N2O10P/c1-26-23-44(38(48)45(36(26)46)37(47)27-10-6-4-7-11-27)35-22-33(55-56(49)53-25-39(41,42)43)34(54-35)24-52-40(28-12-8-5-9-13-28,29-14-18-31(50-2)19-15-29)30-16-20-32(51-3)21-17-30/h4-21,23,33-35H,22,24-25H2,1-3H3/q+1/t33-,34+,35+/m0/s1. The largest absolute Gasteiger partial charge is 0.697 e. The minimum Gasteiger partial charge on any atom is -0.497 e. The monoisotopic (exact) mass is 841 g/mol. The van der Waals surface area contributed by atoms with Crippen LogP contribution >= 0.6 is 43.1 Å². The molecule has 0 spiro atoms. The summed E-state index contributed by atoms with van der Waals surface area (Å²) in [6, 6.07) is 32.3. The number of carbonyl (C=O) groups is 1. The molecular weight excluding hydrogens is 806 g/mol. The lowest BCUT2D eigenvalue weighted by Gasteiger charge is -2.37. The molecule has 292 valence electrons. The molecule has 5 aromatic rings. The molecule has 0 radical (unpaired) electrons. The Labute approximate surface area is 338 Å². The highest BCUT2D eigenvalue weighted by atomic mass is 35.6. The normalized spacial score (nSPS) is 17.4. The van der Waals surface area contributed by atoms with Gasteiger partial charge in [0.15, 0.2) is 6.61 Å². The van der Waals surface area contributed by atoms with Crippen molar-refractivity contribution in [3.63, 3.8) is 0 Å². The summed E-state index contributed by atoms with van der Waals surface area (Å²) in [4.78, 5) is 40.7. The van der Waals surface area contributed by atoms with Crippen molar-refractivity contribution in [3.8, 4) is 11.5 Å². The number of nitrogens with zero attached hydrogens (tertiary/aromatic N) is 2. The quantitative estimate of drug-likeness (QED) is 0.0621. The maximum absolute atomic E-state index is 14.0. The molecule has 2 heterocycles. The summed E-state index contributed by atoms with van der Waals surface area (Å²) in [7, 11) is 0.269. The Kier molecular flexibility index (Phi) is 13.1. The zero-order valence-electron chi connectivity index (χ0n) is 30.4. The molecule has 16 heteroatoms. The number of halogens is 3. The molecule has 6 rings (SSSR count). The van der Waals surface area contributed by atoms with Crippen LogP contribution < -0.4 is 20.7 Å². The first kappa shape index (κ1) is 41.3. The van der Waals surface area contributed by atoms with Crippen LogP contribution in [0, 0.1) is 6.92 Å². The number of aromatic nitrogens is 2. The maximum Gasteiger partial charge on any atom is 0.697 e. The molecule has 0 amide bonds. The van der Waals surface area contributed by atoms with Crippen molar-refractivity contribution < 1.29 is 37.4 Å². The van der Waals surface area contributed by atoms with Crippen LogP contribution in [0.3, 0.4) is 0 Å². The van der Waals surface area contributed by atoms with Gasteiger partial charge in [0.2, 0.25) is 3.79 Å². The highest BCUT2D eigenvalue weighted by molar-refractivity contribution is 7.33. The second kappa shape index (κ2) is 17.8. The van der Waals surface area contributed by atoms with Crippen molar-refractivity contribution >= 4 is 49.0 Å². The molecule has 1 saturated heterocycles.